The molecule has 3 heterocycles. The van der Waals surface area contributed by atoms with E-state index >= 15 is 0 Å². The third-order valence-electron chi connectivity index (χ3n) is 2.96. The van der Waals surface area contributed by atoms with Crippen LogP contribution in [0.15, 0.2) is 15.4 Å². The summed E-state index contributed by atoms with van der Waals surface area (Å²) in [6, 6.07) is 1.73. The van der Waals surface area contributed by atoms with Crippen molar-refractivity contribution in [2.75, 3.05) is 23.7 Å². The Morgan fingerprint density at radius 3 is 2.76 bits per heavy atom. The molecule has 7 nitrogen and oxygen atoms in total. The highest BCUT2D eigenvalue weighted by Crippen LogP contribution is 2.19. The van der Waals surface area contributed by atoms with Crippen LogP contribution in [0.5, 0.6) is 0 Å². The zero-order valence-electron chi connectivity index (χ0n) is 9.30. The number of aromatic nitrogens is 3. The van der Waals surface area contributed by atoms with Crippen molar-refractivity contribution in [1.82, 2.24) is 14.5 Å². The zero-order valence-corrected chi connectivity index (χ0v) is 9.30. The quantitative estimate of drug-likeness (QED) is 0.762. The summed E-state index contributed by atoms with van der Waals surface area (Å²) in [4.78, 5) is 21.1. The topological polar surface area (TPSA) is 89.7 Å². The van der Waals surface area contributed by atoms with Gasteiger partial charge in [0, 0.05) is 19.2 Å². The molecule has 17 heavy (non-hydrogen) atoms. The molecule has 0 bridgehead atoms. The summed E-state index contributed by atoms with van der Waals surface area (Å²) in [5.74, 6) is 0.252. The molecule has 0 aliphatic carbocycles. The van der Waals surface area contributed by atoms with E-state index in [4.69, 9.17) is 10.3 Å². The van der Waals surface area contributed by atoms with Gasteiger partial charge in [-0.25, -0.2) is 4.79 Å². The molecule has 2 N–H and O–H groups in total. The minimum absolute atomic E-state index is 0.151. The third-order valence-corrected chi connectivity index (χ3v) is 2.96. The van der Waals surface area contributed by atoms with Crippen LogP contribution >= 0.6 is 0 Å². The number of fused-ring (bicyclic) bond motifs is 1. The predicted octanol–water partition coefficient (Wildman–Crippen LogP) is 0.255. The largest absolute Gasteiger partial charge is 0.460 e. The first-order valence-corrected chi connectivity index (χ1v) is 5.65. The van der Waals surface area contributed by atoms with Crippen LogP contribution in [0.4, 0.5) is 11.8 Å². The van der Waals surface area contributed by atoms with Crippen molar-refractivity contribution in [2.24, 2.45) is 0 Å². The third kappa shape index (κ3) is 1.73. The van der Waals surface area contributed by atoms with Gasteiger partial charge in [0.2, 0.25) is 5.95 Å². The summed E-state index contributed by atoms with van der Waals surface area (Å²) in [6.07, 6.45) is 3.55. The van der Waals surface area contributed by atoms with Crippen LogP contribution in [-0.4, -0.2) is 27.6 Å². The summed E-state index contributed by atoms with van der Waals surface area (Å²) < 4.78 is 5.93. The van der Waals surface area contributed by atoms with E-state index in [1.54, 1.807) is 6.07 Å². The summed E-state index contributed by atoms with van der Waals surface area (Å²) >= 11 is 0. The molecular weight excluding hydrogens is 222 g/mol. The maximum Gasteiger partial charge on any atom is 0.460 e. The fourth-order valence-electron chi connectivity index (χ4n) is 2.13. The fourth-order valence-corrected chi connectivity index (χ4v) is 2.13. The van der Waals surface area contributed by atoms with Gasteiger partial charge < -0.3 is 15.2 Å². The Bertz CT molecular complexity index is 596. The lowest BCUT2D eigenvalue weighted by atomic mass is 10.1. The summed E-state index contributed by atoms with van der Waals surface area (Å²) in [5.41, 5.74) is 6.14. The highest BCUT2D eigenvalue weighted by molar-refractivity contribution is 5.54. The van der Waals surface area contributed by atoms with Crippen molar-refractivity contribution < 1.29 is 4.52 Å². The van der Waals surface area contributed by atoms with Gasteiger partial charge in [0.05, 0.1) is 0 Å². The van der Waals surface area contributed by atoms with E-state index in [0.717, 1.165) is 36.3 Å². The summed E-state index contributed by atoms with van der Waals surface area (Å²) in [6.45, 7) is 1.93. The number of hydrogen-bond donors (Lipinski definition) is 1. The zero-order chi connectivity index (χ0) is 11.8. The van der Waals surface area contributed by atoms with Gasteiger partial charge in [-0.3, -0.25) is 0 Å². The Hall–Kier alpha value is -2.05. The molecule has 3 rings (SSSR count). The van der Waals surface area contributed by atoms with Gasteiger partial charge in [-0.05, 0) is 19.3 Å². The second-order valence-corrected chi connectivity index (χ2v) is 4.14. The molecule has 0 unspecified atom stereocenters. The number of nitrogens with two attached hydrogens (primary N) is 1. The lowest BCUT2D eigenvalue weighted by molar-refractivity contribution is 0.347. The van der Waals surface area contributed by atoms with E-state index in [9.17, 15) is 4.79 Å². The molecule has 0 saturated carbocycles. The first-order chi connectivity index (χ1) is 8.24. The minimum atomic E-state index is -0.658. The monoisotopic (exact) mass is 235 g/mol. The first-order valence-electron chi connectivity index (χ1n) is 5.65. The van der Waals surface area contributed by atoms with Crippen molar-refractivity contribution in [2.45, 2.75) is 19.3 Å². The lowest BCUT2D eigenvalue weighted by Crippen LogP contribution is -2.30. The SMILES string of the molecule is Nc1nc(N2CCCCC2)cc2nc(=O)on12. The molecule has 2 aromatic rings. The molecule has 7 heteroatoms. The maximum atomic E-state index is 11.0. The van der Waals surface area contributed by atoms with Crippen LogP contribution in [0.1, 0.15) is 19.3 Å². The van der Waals surface area contributed by atoms with E-state index in [1.165, 1.54) is 6.42 Å². The van der Waals surface area contributed by atoms with Crippen molar-refractivity contribution in [3.63, 3.8) is 0 Å². The van der Waals surface area contributed by atoms with Crippen molar-refractivity contribution in [3.8, 4) is 0 Å². The van der Waals surface area contributed by atoms with Gasteiger partial charge in [0.25, 0.3) is 0 Å². The maximum absolute atomic E-state index is 11.0. The van der Waals surface area contributed by atoms with Crippen LogP contribution < -0.4 is 16.4 Å². The van der Waals surface area contributed by atoms with Crippen molar-refractivity contribution in [1.29, 1.82) is 0 Å². The van der Waals surface area contributed by atoms with Crippen molar-refractivity contribution >= 4 is 17.4 Å². The Morgan fingerprint density at radius 1 is 1.24 bits per heavy atom. The highest BCUT2D eigenvalue weighted by atomic mass is 16.5. The predicted molar refractivity (Wildman–Crippen MR) is 62.0 cm³/mol. The van der Waals surface area contributed by atoms with Crippen LogP contribution in [0.25, 0.3) is 5.65 Å². The number of hydrogen-bond acceptors (Lipinski definition) is 6. The van der Waals surface area contributed by atoms with Crippen LogP contribution in [0, 0.1) is 0 Å². The molecule has 1 aliphatic heterocycles. The molecule has 0 atom stereocenters. The second kappa shape index (κ2) is 3.76. The molecule has 1 saturated heterocycles. The van der Waals surface area contributed by atoms with Gasteiger partial charge >= 0.3 is 5.76 Å². The van der Waals surface area contributed by atoms with Gasteiger partial charge in [-0.1, -0.05) is 0 Å². The second-order valence-electron chi connectivity index (χ2n) is 4.14. The standard InChI is InChI=1S/C10H13N5O2/c11-9-12-7(14-4-2-1-3-5-14)6-8-13-10(16)17-15(8)9/h6H,1-5H2,(H2,11,12). The molecule has 0 amide bonds. The smallest absolute Gasteiger partial charge is 0.367 e. The van der Waals surface area contributed by atoms with Crippen LogP contribution in [-0.2, 0) is 0 Å². The Morgan fingerprint density at radius 2 is 2.00 bits per heavy atom. The Balaban J connectivity index is 2.07. The molecule has 2 aromatic heterocycles. The van der Waals surface area contributed by atoms with Gasteiger partial charge in [0.1, 0.15) is 5.82 Å². The van der Waals surface area contributed by atoms with Gasteiger partial charge in [-0.2, -0.15) is 9.97 Å². The van der Waals surface area contributed by atoms with E-state index in [1.807, 2.05) is 0 Å². The van der Waals surface area contributed by atoms with E-state index in [2.05, 4.69) is 14.9 Å². The molecule has 0 aromatic carbocycles. The number of piperidine rings is 1. The molecule has 0 radical (unpaired) electrons. The lowest BCUT2D eigenvalue weighted by Gasteiger charge is -2.27. The molecule has 1 fully saturated rings. The number of nitrogen functional groups attached to an aromatic ring is 1. The van der Waals surface area contributed by atoms with Gasteiger partial charge in [-0.15, -0.1) is 4.57 Å². The average Bonchev–Trinajstić information content (AvgIpc) is 2.71. The Kier molecular flexibility index (Phi) is 2.24. The molecular formula is C10H13N5O2. The average molecular weight is 235 g/mol. The van der Waals surface area contributed by atoms with Gasteiger partial charge in [0.15, 0.2) is 5.65 Å². The number of rotatable bonds is 1. The number of anilines is 2. The van der Waals surface area contributed by atoms with Crippen molar-refractivity contribution in [3.05, 3.63) is 16.6 Å². The highest BCUT2D eigenvalue weighted by Gasteiger charge is 2.15. The van der Waals surface area contributed by atoms with E-state index < -0.39 is 5.76 Å². The van der Waals surface area contributed by atoms with E-state index in [0.29, 0.717) is 5.65 Å². The first kappa shape index (κ1) is 10.1. The molecule has 0 spiro atoms. The van der Waals surface area contributed by atoms with E-state index in [-0.39, 0.29) is 5.95 Å². The van der Waals surface area contributed by atoms with Crippen LogP contribution in [0.3, 0.4) is 0 Å². The Labute approximate surface area is 96.8 Å². The molecule has 90 valence electrons. The summed E-state index contributed by atoms with van der Waals surface area (Å²) in [7, 11) is 0. The van der Waals surface area contributed by atoms with Crippen LogP contribution in [0.2, 0.25) is 0 Å². The fraction of sp³-hybridized carbons (Fsp3) is 0.500. The molecule has 1 aliphatic rings. The number of nitrogens with zero attached hydrogens (tertiary/aromatic N) is 4. The minimum Gasteiger partial charge on any atom is -0.367 e. The normalized spacial score (nSPS) is 16.6. The summed E-state index contributed by atoms with van der Waals surface area (Å²) in [5, 5.41) is 0.